The van der Waals surface area contributed by atoms with Crippen LogP contribution in [0.3, 0.4) is 0 Å². The number of nitrogens with zero attached hydrogens (tertiary/aromatic N) is 1. The van der Waals surface area contributed by atoms with Crippen LogP contribution in [0.25, 0.3) is 0 Å². The number of hydrogen-bond donors (Lipinski definition) is 1. The molecule has 2 fully saturated rings. The molecule has 2 atom stereocenters. The van der Waals surface area contributed by atoms with E-state index in [2.05, 4.69) is 48.5 Å². The van der Waals surface area contributed by atoms with E-state index in [1.807, 2.05) is 0 Å². The molecule has 1 aromatic rings. The number of rotatable bonds is 5. The Balaban J connectivity index is 1.72. The van der Waals surface area contributed by atoms with Gasteiger partial charge in [0.1, 0.15) is 0 Å². The third kappa shape index (κ3) is 3.22. The molecule has 2 aliphatic rings. The second kappa shape index (κ2) is 6.25. The number of nitrogens with one attached hydrogen (secondary N) is 1. The summed E-state index contributed by atoms with van der Waals surface area (Å²) in [5, 5.41) is 3.62. The number of likely N-dealkylation sites (N-methyl/N-ethyl adjacent to an activating group) is 1. The highest BCUT2D eigenvalue weighted by Gasteiger charge is 2.32. The lowest BCUT2D eigenvalue weighted by molar-refractivity contribution is -0.0615. The topological polar surface area (TPSA) is 24.5 Å². The average Bonchev–Trinajstić information content (AvgIpc) is 3.30. The van der Waals surface area contributed by atoms with Gasteiger partial charge in [-0.1, -0.05) is 31.2 Å². The smallest absolute Gasteiger partial charge is 0.0896 e. The molecule has 3 nitrogen and oxygen atoms in total. The molecule has 2 unspecified atom stereocenters. The quantitative estimate of drug-likeness (QED) is 0.892. The van der Waals surface area contributed by atoms with Crippen molar-refractivity contribution in [1.29, 1.82) is 0 Å². The van der Waals surface area contributed by atoms with Crippen molar-refractivity contribution in [1.82, 2.24) is 10.2 Å². The maximum absolute atomic E-state index is 6.05. The van der Waals surface area contributed by atoms with Crippen molar-refractivity contribution < 1.29 is 4.74 Å². The Morgan fingerprint density at radius 2 is 2.00 bits per heavy atom. The fourth-order valence-electron chi connectivity index (χ4n) is 3.02. The van der Waals surface area contributed by atoms with Crippen LogP contribution in [0.5, 0.6) is 0 Å². The number of aryl methyl sites for hydroxylation is 1. The highest BCUT2D eigenvalue weighted by Crippen LogP contribution is 2.29. The van der Waals surface area contributed by atoms with E-state index < -0.39 is 0 Å². The molecule has 3 heteroatoms. The molecule has 0 radical (unpaired) electrons. The van der Waals surface area contributed by atoms with Crippen molar-refractivity contribution in [3.8, 4) is 0 Å². The zero-order valence-electron chi connectivity index (χ0n) is 12.6. The van der Waals surface area contributed by atoms with Crippen LogP contribution < -0.4 is 5.32 Å². The van der Waals surface area contributed by atoms with Crippen molar-refractivity contribution in [3.63, 3.8) is 0 Å². The second-order valence-corrected chi connectivity index (χ2v) is 6.11. The Labute approximate surface area is 122 Å². The van der Waals surface area contributed by atoms with Crippen LogP contribution in [-0.4, -0.2) is 43.8 Å². The van der Waals surface area contributed by atoms with Gasteiger partial charge in [0.25, 0.3) is 0 Å². The summed E-state index contributed by atoms with van der Waals surface area (Å²) in [6, 6.07) is 10.2. The monoisotopic (exact) mass is 274 g/mol. The summed E-state index contributed by atoms with van der Waals surface area (Å²) < 4.78 is 6.05. The first-order chi connectivity index (χ1) is 9.78. The first-order valence-electron chi connectivity index (χ1n) is 7.92. The first kappa shape index (κ1) is 14.1. The number of benzene rings is 1. The number of ether oxygens (including phenoxy) is 1. The number of hydrogen-bond acceptors (Lipinski definition) is 3. The summed E-state index contributed by atoms with van der Waals surface area (Å²) >= 11 is 0. The van der Waals surface area contributed by atoms with Crippen LogP contribution >= 0.6 is 0 Å². The average molecular weight is 274 g/mol. The molecule has 1 saturated carbocycles. The molecule has 1 aliphatic carbocycles. The van der Waals surface area contributed by atoms with Crippen LogP contribution in [0.4, 0.5) is 0 Å². The van der Waals surface area contributed by atoms with Gasteiger partial charge in [-0.25, -0.2) is 0 Å². The van der Waals surface area contributed by atoms with Gasteiger partial charge in [-0.05, 0) is 37.4 Å². The minimum atomic E-state index is 0.266. The van der Waals surface area contributed by atoms with Crippen molar-refractivity contribution in [2.24, 2.45) is 0 Å². The van der Waals surface area contributed by atoms with E-state index >= 15 is 0 Å². The van der Waals surface area contributed by atoms with Gasteiger partial charge in [-0.15, -0.1) is 0 Å². The van der Waals surface area contributed by atoms with Gasteiger partial charge >= 0.3 is 0 Å². The third-order valence-corrected chi connectivity index (χ3v) is 4.52. The van der Waals surface area contributed by atoms with Crippen molar-refractivity contribution in [2.45, 2.75) is 44.4 Å². The summed E-state index contributed by atoms with van der Waals surface area (Å²) in [4.78, 5) is 2.43. The molecule has 20 heavy (non-hydrogen) atoms. The van der Waals surface area contributed by atoms with E-state index in [0.29, 0.717) is 6.04 Å². The lowest BCUT2D eigenvalue weighted by atomic mass is 9.97. The normalized spacial score (nSPS) is 27.7. The van der Waals surface area contributed by atoms with Crippen LogP contribution in [0.1, 0.15) is 36.9 Å². The van der Waals surface area contributed by atoms with Crippen LogP contribution in [0, 0.1) is 0 Å². The van der Waals surface area contributed by atoms with Gasteiger partial charge in [0.2, 0.25) is 0 Å². The van der Waals surface area contributed by atoms with Crippen molar-refractivity contribution >= 4 is 0 Å². The zero-order chi connectivity index (χ0) is 13.9. The molecule has 0 aromatic heterocycles. The lowest BCUT2D eigenvalue weighted by Gasteiger charge is -2.39. The fourth-order valence-corrected chi connectivity index (χ4v) is 3.02. The van der Waals surface area contributed by atoms with Gasteiger partial charge < -0.3 is 10.1 Å². The Morgan fingerprint density at radius 1 is 1.25 bits per heavy atom. The molecule has 1 saturated heterocycles. The van der Waals surface area contributed by atoms with Crippen molar-refractivity contribution in [2.75, 3.05) is 26.7 Å². The predicted octanol–water partition coefficient (Wildman–Crippen LogP) is 2.37. The summed E-state index contributed by atoms with van der Waals surface area (Å²) in [5.41, 5.74) is 2.78. The van der Waals surface area contributed by atoms with Gasteiger partial charge in [0.05, 0.1) is 18.8 Å². The molecule has 0 spiro atoms. The van der Waals surface area contributed by atoms with Gasteiger partial charge in [0.15, 0.2) is 0 Å². The second-order valence-electron chi connectivity index (χ2n) is 6.11. The summed E-state index contributed by atoms with van der Waals surface area (Å²) in [5.74, 6) is 0. The van der Waals surface area contributed by atoms with Gasteiger partial charge in [-0.2, -0.15) is 0 Å². The molecule has 0 bridgehead atoms. The van der Waals surface area contributed by atoms with Crippen LogP contribution in [-0.2, 0) is 11.2 Å². The van der Waals surface area contributed by atoms with Gasteiger partial charge in [-0.3, -0.25) is 4.90 Å². The molecule has 3 rings (SSSR count). The molecule has 110 valence electrons. The van der Waals surface area contributed by atoms with Crippen molar-refractivity contribution in [3.05, 3.63) is 35.4 Å². The van der Waals surface area contributed by atoms with E-state index in [4.69, 9.17) is 4.74 Å². The van der Waals surface area contributed by atoms with E-state index in [-0.39, 0.29) is 6.10 Å². The SMILES string of the molecule is CCc1ccc(C2C(CNC3CC3)OCCN2C)cc1. The maximum Gasteiger partial charge on any atom is 0.0896 e. The summed E-state index contributed by atoms with van der Waals surface area (Å²) in [7, 11) is 2.21. The number of morpholine rings is 1. The minimum Gasteiger partial charge on any atom is -0.374 e. The molecule has 1 aliphatic heterocycles. The Morgan fingerprint density at radius 3 is 2.65 bits per heavy atom. The highest BCUT2D eigenvalue weighted by atomic mass is 16.5. The standard InChI is InChI=1S/C17H26N2O/c1-3-13-4-6-14(7-5-13)17-16(12-18-15-8-9-15)20-11-10-19(17)2/h4-7,15-18H,3,8-12H2,1-2H3. The third-order valence-electron chi connectivity index (χ3n) is 4.52. The zero-order valence-corrected chi connectivity index (χ0v) is 12.6. The predicted molar refractivity (Wildman–Crippen MR) is 82.0 cm³/mol. The summed E-state index contributed by atoms with van der Waals surface area (Å²) in [6.45, 7) is 5.03. The van der Waals surface area contributed by atoms with Crippen LogP contribution in [0.15, 0.2) is 24.3 Å². The Hall–Kier alpha value is -0.900. The van der Waals surface area contributed by atoms with Crippen LogP contribution in [0.2, 0.25) is 0 Å². The first-order valence-corrected chi connectivity index (χ1v) is 7.92. The molecule has 1 aromatic carbocycles. The minimum absolute atomic E-state index is 0.266. The van der Waals surface area contributed by atoms with E-state index in [1.54, 1.807) is 0 Å². The maximum atomic E-state index is 6.05. The summed E-state index contributed by atoms with van der Waals surface area (Å²) in [6.07, 6.45) is 4.03. The Bertz CT molecular complexity index is 427. The lowest BCUT2D eigenvalue weighted by Crippen LogP contribution is -2.47. The van der Waals surface area contributed by atoms with E-state index in [1.165, 1.54) is 24.0 Å². The molecular formula is C17H26N2O. The van der Waals surface area contributed by atoms with E-state index in [0.717, 1.165) is 32.2 Å². The molecule has 0 amide bonds. The molecule has 1 N–H and O–H groups in total. The van der Waals surface area contributed by atoms with E-state index in [9.17, 15) is 0 Å². The largest absolute Gasteiger partial charge is 0.374 e. The Kier molecular flexibility index (Phi) is 4.39. The van der Waals surface area contributed by atoms with Gasteiger partial charge in [0, 0.05) is 19.1 Å². The fraction of sp³-hybridized carbons (Fsp3) is 0.647. The highest BCUT2D eigenvalue weighted by molar-refractivity contribution is 5.26. The molecular weight excluding hydrogens is 248 g/mol. The molecule has 1 heterocycles.